The number of benzene rings is 1. The molecule has 4 heteroatoms. The molecule has 1 aliphatic heterocycles. The Bertz CT molecular complexity index is 817. The van der Waals surface area contributed by atoms with Crippen molar-refractivity contribution in [3.63, 3.8) is 0 Å². The number of unbranched alkanes of at least 4 members (excludes halogenated alkanes) is 3. The van der Waals surface area contributed by atoms with E-state index in [9.17, 15) is 9.59 Å². The minimum absolute atomic E-state index is 0.172. The number of thiophene rings is 1. The molecule has 1 aliphatic rings. The molecule has 0 radical (unpaired) electrons. The lowest BCUT2D eigenvalue weighted by Gasteiger charge is -2.16. The molecule has 3 nitrogen and oxygen atoms in total. The molecule has 138 valence electrons. The summed E-state index contributed by atoms with van der Waals surface area (Å²) in [4.78, 5) is 29.2. The molecule has 0 bridgehead atoms. The summed E-state index contributed by atoms with van der Waals surface area (Å²) in [7, 11) is 0. The first-order valence-electron chi connectivity index (χ1n) is 9.56. The van der Waals surface area contributed by atoms with Gasteiger partial charge in [-0.3, -0.25) is 9.59 Å². The van der Waals surface area contributed by atoms with Crippen LogP contribution in [0.3, 0.4) is 0 Å². The maximum Gasteiger partial charge on any atom is 0.267 e. The van der Waals surface area contributed by atoms with E-state index >= 15 is 0 Å². The fraction of sp³-hybridized carbons (Fsp3) is 0.455. The summed E-state index contributed by atoms with van der Waals surface area (Å²) in [6, 6.07) is 7.91. The summed E-state index contributed by atoms with van der Waals surface area (Å²) in [5.41, 5.74) is 3.16. The Kier molecular flexibility index (Phi) is 5.61. The normalized spacial score (nSPS) is 13.8. The molecule has 2 heterocycles. The third kappa shape index (κ3) is 3.35. The number of carbonyl (C=O) groups excluding carboxylic acids is 2. The van der Waals surface area contributed by atoms with Crippen molar-refractivity contribution in [1.29, 1.82) is 0 Å². The fourth-order valence-electron chi connectivity index (χ4n) is 3.56. The lowest BCUT2D eigenvalue weighted by molar-refractivity contribution is 0.0925. The maximum absolute atomic E-state index is 13.0. The summed E-state index contributed by atoms with van der Waals surface area (Å²) in [6.45, 7) is 8.28. The van der Waals surface area contributed by atoms with E-state index in [2.05, 4.69) is 20.8 Å². The zero-order chi connectivity index (χ0) is 18.8. The van der Waals surface area contributed by atoms with Gasteiger partial charge in [-0.1, -0.05) is 52.2 Å². The van der Waals surface area contributed by atoms with E-state index in [-0.39, 0.29) is 17.7 Å². The number of amides is 2. The molecule has 26 heavy (non-hydrogen) atoms. The van der Waals surface area contributed by atoms with Crippen molar-refractivity contribution < 1.29 is 9.59 Å². The Labute approximate surface area is 160 Å². The van der Waals surface area contributed by atoms with E-state index in [0.717, 1.165) is 16.2 Å². The van der Waals surface area contributed by atoms with Crippen LogP contribution in [0.25, 0.3) is 0 Å². The summed E-state index contributed by atoms with van der Waals surface area (Å²) in [5.74, 6) is -0.111. The molecule has 0 aliphatic carbocycles. The SMILES string of the molecule is CCCCCCc1ccc(N2C(=O)c3c(C)sc(C(C)C)c3C2=O)cc1. The zero-order valence-electron chi connectivity index (χ0n) is 16.1. The van der Waals surface area contributed by atoms with Crippen molar-refractivity contribution in [3.05, 3.63) is 50.7 Å². The standard InChI is InChI=1S/C22H27NO2S/c1-5-6-7-8-9-16-10-12-17(13-11-16)23-21(24)18-15(4)26-20(14(2)3)19(18)22(23)25/h10-14H,5-9H2,1-4H3. The van der Waals surface area contributed by atoms with Crippen LogP contribution in [0.5, 0.6) is 0 Å². The molecule has 3 rings (SSSR count). The Hall–Kier alpha value is -1.94. The largest absolute Gasteiger partial charge is 0.268 e. The highest BCUT2D eigenvalue weighted by Crippen LogP contribution is 2.40. The van der Waals surface area contributed by atoms with Gasteiger partial charge in [-0.25, -0.2) is 4.90 Å². The van der Waals surface area contributed by atoms with Gasteiger partial charge in [0.1, 0.15) is 0 Å². The van der Waals surface area contributed by atoms with Crippen LogP contribution in [-0.2, 0) is 6.42 Å². The highest BCUT2D eigenvalue weighted by Gasteiger charge is 2.41. The molecule has 0 spiro atoms. The lowest BCUT2D eigenvalue weighted by Crippen LogP contribution is -2.30. The number of aryl methyl sites for hydroxylation is 2. The summed E-state index contributed by atoms with van der Waals surface area (Å²) in [6.07, 6.45) is 5.99. The first kappa shape index (κ1) is 18.8. The topological polar surface area (TPSA) is 37.4 Å². The zero-order valence-corrected chi connectivity index (χ0v) is 16.9. The molecule has 1 aromatic carbocycles. The maximum atomic E-state index is 13.0. The minimum Gasteiger partial charge on any atom is -0.268 e. The lowest BCUT2D eigenvalue weighted by atomic mass is 10.0. The van der Waals surface area contributed by atoms with Gasteiger partial charge >= 0.3 is 0 Å². The van der Waals surface area contributed by atoms with E-state index in [1.807, 2.05) is 31.2 Å². The van der Waals surface area contributed by atoms with Gasteiger partial charge in [-0.15, -0.1) is 11.3 Å². The molecule has 0 atom stereocenters. The van der Waals surface area contributed by atoms with Crippen LogP contribution in [0.2, 0.25) is 0 Å². The number of hydrogen-bond acceptors (Lipinski definition) is 3. The van der Waals surface area contributed by atoms with Crippen LogP contribution in [0, 0.1) is 6.92 Å². The van der Waals surface area contributed by atoms with Gasteiger partial charge in [0.15, 0.2) is 0 Å². The second-order valence-electron chi connectivity index (χ2n) is 7.35. The third-order valence-electron chi connectivity index (χ3n) is 4.98. The van der Waals surface area contributed by atoms with E-state index in [1.165, 1.54) is 36.1 Å². The van der Waals surface area contributed by atoms with Gasteiger partial charge < -0.3 is 0 Å². The molecular formula is C22H27NO2S. The van der Waals surface area contributed by atoms with Gasteiger partial charge in [-0.05, 0) is 43.4 Å². The first-order chi connectivity index (χ1) is 12.5. The second kappa shape index (κ2) is 7.75. The minimum atomic E-state index is -0.179. The molecule has 0 unspecified atom stereocenters. The highest BCUT2D eigenvalue weighted by molar-refractivity contribution is 7.13. The van der Waals surface area contributed by atoms with Crippen molar-refractivity contribution in [1.82, 2.24) is 0 Å². The summed E-state index contributed by atoms with van der Waals surface area (Å²) >= 11 is 1.58. The van der Waals surface area contributed by atoms with Crippen LogP contribution in [0.15, 0.2) is 24.3 Å². The van der Waals surface area contributed by atoms with Gasteiger partial charge in [0.2, 0.25) is 0 Å². The van der Waals surface area contributed by atoms with Crippen molar-refractivity contribution in [2.45, 2.75) is 65.7 Å². The van der Waals surface area contributed by atoms with E-state index < -0.39 is 0 Å². The van der Waals surface area contributed by atoms with Crippen molar-refractivity contribution >= 4 is 28.8 Å². The van der Waals surface area contributed by atoms with Crippen molar-refractivity contribution in [2.75, 3.05) is 4.90 Å². The Morgan fingerprint density at radius 1 is 0.962 bits per heavy atom. The summed E-state index contributed by atoms with van der Waals surface area (Å²) < 4.78 is 0. The number of imide groups is 1. The van der Waals surface area contributed by atoms with Crippen LogP contribution in [0.4, 0.5) is 5.69 Å². The highest BCUT2D eigenvalue weighted by atomic mass is 32.1. The number of fused-ring (bicyclic) bond motifs is 1. The third-order valence-corrected chi connectivity index (χ3v) is 6.39. The van der Waals surface area contributed by atoms with E-state index in [0.29, 0.717) is 16.8 Å². The smallest absolute Gasteiger partial charge is 0.267 e. The van der Waals surface area contributed by atoms with Crippen molar-refractivity contribution in [3.8, 4) is 0 Å². The molecule has 0 saturated carbocycles. The molecule has 2 aromatic rings. The van der Waals surface area contributed by atoms with Gasteiger partial charge in [-0.2, -0.15) is 0 Å². The van der Waals surface area contributed by atoms with Gasteiger partial charge in [0, 0.05) is 9.75 Å². The Balaban J connectivity index is 1.81. The van der Waals surface area contributed by atoms with Crippen molar-refractivity contribution in [2.24, 2.45) is 0 Å². The van der Waals surface area contributed by atoms with Crippen LogP contribution >= 0.6 is 11.3 Å². The van der Waals surface area contributed by atoms with E-state index in [1.54, 1.807) is 11.3 Å². The number of anilines is 1. The van der Waals surface area contributed by atoms with Gasteiger partial charge in [0.05, 0.1) is 16.8 Å². The first-order valence-corrected chi connectivity index (χ1v) is 10.4. The molecule has 1 aromatic heterocycles. The quantitative estimate of drug-likeness (QED) is 0.436. The number of rotatable bonds is 7. The predicted molar refractivity (Wildman–Crippen MR) is 109 cm³/mol. The fourth-order valence-corrected chi connectivity index (χ4v) is 4.71. The van der Waals surface area contributed by atoms with E-state index in [4.69, 9.17) is 0 Å². The average molecular weight is 370 g/mol. The van der Waals surface area contributed by atoms with Crippen LogP contribution < -0.4 is 4.90 Å². The monoisotopic (exact) mass is 369 g/mol. The van der Waals surface area contributed by atoms with Crippen LogP contribution in [-0.4, -0.2) is 11.8 Å². The molecule has 0 fully saturated rings. The second-order valence-corrected chi connectivity index (χ2v) is 8.61. The number of hydrogen-bond donors (Lipinski definition) is 0. The number of carbonyl (C=O) groups is 2. The number of nitrogens with zero attached hydrogens (tertiary/aromatic N) is 1. The Morgan fingerprint density at radius 3 is 2.23 bits per heavy atom. The molecule has 0 N–H and O–H groups in total. The predicted octanol–water partition coefficient (Wildman–Crippen LogP) is 6.10. The average Bonchev–Trinajstić information content (AvgIpc) is 3.09. The summed E-state index contributed by atoms with van der Waals surface area (Å²) in [5, 5.41) is 0. The van der Waals surface area contributed by atoms with Crippen LogP contribution in [0.1, 0.15) is 88.4 Å². The van der Waals surface area contributed by atoms with Gasteiger partial charge in [0.25, 0.3) is 11.8 Å². The molecule has 2 amide bonds. The molecule has 0 saturated heterocycles. The Morgan fingerprint density at radius 2 is 1.62 bits per heavy atom. The molecular weight excluding hydrogens is 342 g/mol.